The Labute approximate surface area is 150 Å². The maximum atomic E-state index is 11.9. The summed E-state index contributed by atoms with van der Waals surface area (Å²) in [6.07, 6.45) is 1.51. The number of hydrazone groups is 1. The fourth-order valence-electron chi connectivity index (χ4n) is 1.91. The first kappa shape index (κ1) is 17.5. The molecule has 1 amide bonds. The minimum atomic E-state index is -0.285. The van der Waals surface area contributed by atoms with E-state index >= 15 is 0 Å². The van der Waals surface area contributed by atoms with Crippen molar-refractivity contribution in [2.45, 2.75) is 0 Å². The number of halogens is 2. The van der Waals surface area contributed by atoms with Gasteiger partial charge in [-0.2, -0.15) is 5.10 Å². The number of hydrogen-bond acceptors (Lipinski definition) is 4. The predicted molar refractivity (Wildman–Crippen MR) is 96.4 cm³/mol. The molecule has 0 saturated carbocycles. The summed E-state index contributed by atoms with van der Waals surface area (Å²) < 4.78 is 12.0. The van der Waals surface area contributed by atoms with Gasteiger partial charge in [0, 0.05) is 11.1 Å². The Morgan fingerprint density at radius 3 is 2.39 bits per heavy atom. The Bertz CT molecular complexity index is 734. The van der Waals surface area contributed by atoms with Gasteiger partial charge < -0.3 is 9.47 Å². The predicted octanol–water partition coefficient (Wildman–Crippen LogP) is 3.99. The van der Waals surface area contributed by atoms with Crippen molar-refractivity contribution < 1.29 is 14.3 Å². The summed E-state index contributed by atoms with van der Waals surface area (Å²) in [5, 5.41) is 3.98. The highest BCUT2D eigenvalue weighted by Gasteiger charge is 2.15. The van der Waals surface area contributed by atoms with E-state index in [1.165, 1.54) is 6.21 Å². The molecule has 5 nitrogen and oxygen atoms in total. The van der Waals surface area contributed by atoms with Crippen molar-refractivity contribution in [2.24, 2.45) is 5.10 Å². The monoisotopic (exact) mass is 440 g/mol. The van der Waals surface area contributed by atoms with Gasteiger partial charge in [0.05, 0.1) is 24.9 Å². The molecule has 0 heterocycles. The van der Waals surface area contributed by atoms with Crippen LogP contribution in [0.15, 0.2) is 50.4 Å². The van der Waals surface area contributed by atoms with E-state index in [1.54, 1.807) is 44.6 Å². The number of hydrogen-bond donors (Lipinski definition) is 1. The Hall–Kier alpha value is -1.86. The van der Waals surface area contributed by atoms with Crippen LogP contribution < -0.4 is 14.9 Å². The highest BCUT2D eigenvalue weighted by atomic mass is 79.9. The largest absolute Gasteiger partial charge is 0.495 e. The Kier molecular flexibility index (Phi) is 6.18. The summed E-state index contributed by atoms with van der Waals surface area (Å²) in [4.78, 5) is 11.9. The van der Waals surface area contributed by atoms with E-state index in [-0.39, 0.29) is 5.91 Å². The molecule has 0 fully saturated rings. The van der Waals surface area contributed by atoms with Gasteiger partial charge in [0.1, 0.15) is 10.2 Å². The number of carbonyl (C=O) groups excluding carboxylic acids is 1. The van der Waals surface area contributed by atoms with Crippen LogP contribution in [0, 0.1) is 0 Å². The molecule has 2 aromatic carbocycles. The standard InChI is InChI=1S/C16H14Br2N2O3/c1-22-14-11(8-12(17)15(23-2)13(14)18)9-19-20-16(21)10-6-4-3-5-7-10/h3-9H,1-2H3,(H,20,21)/b19-9+. The van der Waals surface area contributed by atoms with Crippen molar-refractivity contribution in [1.82, 2.24) is 5.43 Å². The zero-order valence-corrected chi connectivity index (χ0v) is 15.6. The quantitative estimate of drug-likeness (QED) is 0.563. The minimum absolute atomic E-state index is 0.285. The highest BCUT2D eigenvalue weighted by molar-refractivity contribution is 9.11. The normalized spacial score (nSPS) is 10.6. The minimum Gasteiger partial charge on any atom is -0.495 e. The lowest BCUT2D eigenvalue weighted by Crippen LogP contribution is -2.17. The van der Waals surface area contributed by atoms with E-state index in [9.17, 15) is 4.79 Å². The molecule has 0 saturated heterocycles. The molecule has 2 aromatic rings. The fraction of sp³-hybridized carbons (Fsp3) is 0.125. The number of amides is 1. The number of rotatable bonds is 5. The Balaban J connectivity index is 2.21. The molecule has 0 spiro atoms. The van der Waals surface area contributed by atoms with Gasteiger partial charge in [0.2, 0.25) is 0 Å². The molecule has 0 radical (unpaired) electrons. The van der Waals surface area contributed by atoms with Crippen molar-refractivity contribution >= 4 is 44.0 Å². The Morgan fingerprint density at radius 2 is 1.78 bits per heavy atom. The molecule has 120 valence electrons. The molecule has 0 bridgehead atoms. The molecule has 1 N–H and O–H groups in total. The van der Waals surface area contributed by atoms with Gasteiger partial charge in [-0.15, -0.1) is 0 Å². The van der Waals surface area contributed by atoms with Gasteiger partial charge >= 0.3 is 0 Å². The van der Waals surface area contributed by atoms with Crippen molar-refractivity contribution in [3.8, 4) is 11.5 Å². The molecule has 0 atom stereocenters. The molecule has 0 aliphatic carbocycles. The van der Waals surface area contributed by atoms with E-state index in [2.05, 4.69) is 42.4 Å². The summed E-state index contributed by atoms with van der Waals surface area (Å²) in [5.41, 5.74) is 3.70. The van der Waals surface area contributed by atoms with Gasteiger partial charge in [0.15, 0.2) is 5.75 Å². The van der Waals surface area contributed by atoms with Crippen LogP contribution in [0.3, 0.4) is 0 Å². The van der Waals surface area contributed by atoms with Crippen LogP contribution in [0.4, 0.5) is 0 Å². The SMILES string of the molecule is COc1c(Br)cc(/C=N/NC(=O)c2ccccc2)c(OC)c1Br. The van der Waals surface area contributed by atoms with Crippen LogP contribution in [-0.4, -0.2) is 26.3 Å². The number of nitrogens with one attached hydrogen (secondary N) is 1. The van der Waals surface area contributed by atoms with Gasteiger partial charge in [-0.3, -0.25) is 4.79 Å². The summed E-state index contributed by atoms with van der Waals surface area (Å²) in [6, 6.07) is 10.6. The summed E-state index contributed by atoms with van der Waals surface area (Å²) >= 11 is 6.85. The number of benzene rings is 2. The second kappa shape index (κ2) is 8.12. The number of methoxy groups -OCH3 is 2. The Morgan fingerprint density at radius 1 is 1.13 bits per heavy atom. The molecule has 23 heavy (non-hydrogen) atoms. The van der Waals surface area contributed by atoms with Crippen molar-refractivity contribution in [3.05, 3.63) is 56.5 Å². The van der Waals surface area contributed by atoms with Crippen molar-refractivity contribution in [1.29, 1.82) is 0 Å². The third-order valence-corrected chi connectivity index (χ3v) is 4.28. The molecular weight excluding hydrogens is 428 g/mol. The van der Waals surface area contributed by atoms with Crippen molar-refractivity contribution in [2.75, 3.05) is 14.2 Å². The number of ether oxygens (including phenoxy) is 2. The van der Waals surface area contributed by atoms with Crippen LogP contribution in [0.2, 0.25) is 0 Å². The van der Waals surface area contributed by atoms with E-state index in [4.69, 9.17) is 9.47 Å². The molecule has 2 rings (SSSR count). The first-order chi connectivity index (χ1) is 11.1. The maximum Gasteiger partial charge on any atom is 0.271 e. The van der Waals surface area contributed by atoms with E-state index in [0.717, 1.165) is 4.47 Å². The third-order valence-electron chi connectivity index (χ3n) is 2.97. The van der Waals surface area contributed by atoms with E-state index < -0.39 is 0 Å². The first-order valence-electron chi connectivity index (χ1n) is 6.57. The van der Waals surface area contributed by atoms with Crippen LogP contribution >= 0.6 is 31.9 Å². The second-order valence-corrected chi connectivity index (χ2v) is 6.04. The van der Waals surface area contributed by atoms with Crippen LogP contribution in [0.25, 0.3) is 0 Å². The van der Waals surface area contributed by atoms with Gasteiger partial charge in [0.25, 0.3) is 5.91 Å². The molecule has 0 aliphatic rings. The lowest BCUT2D eigenvalue weighted by molar-refractivity contribution is 0.0955. The first-order valence-corrected chi connectivity index (χ1v) is 8.15. The average molecular weight is 442 g/mol. The second-order valence-electron chi connectivity index (χ2n) is 4.39. The van der Waals surface area contributed by atoms with Gasteiger partial charge in [-0.1, -0.05) is 18.2 Å². The molecule has 0 unspecified atom stereocenters. The fourth-order valence-corrected chi connectivity index (χ4v) is 3.55. The zero-order chi connectivity index (χ0) is 16.8. The van der Waals surface area contributed by atoms with E-state index in [0.29, 0.717) is 27.1 Å². The van der Waals surface area contributed by atoms with Crippen LogP contribution in [0.1, 0.15) is 15.9 Å². The highest BCUT2D eigenvalue weighted by Crippen LogP contribution is 2.41. The van der Waals surface area contributed by atoms with Crippen LogP contribution in [-0.2, 0) is 0 Å². The number of nitrogens with zero attached hydrogens (tertiary/aromatic N) is 1. The third kappa shape index (κ3) is 4.11. The molecule has 7 heteroatoms. The van der Waals surface area contributed by atoms with Crippen molar-refractivity contribution in [3.63, 3.8) is 0 Å². The number of carbonyl (C=O) groups is 1. The lowest BCUT2D eigenvalue weighted by Gasteiger charge is -2.12. The zero-order valence-electron chi connectivity index (χ0n) is 12.5. The van der Waals surface area contributed by atoms with E-state index in [1.807, 2.05) is 6.07 Å². The smallest absolute Gasteiger partial charge is 0.271 e. The van der Waals surface area contributed by atoms with Crippen LogP contribution in [0.5, 0.6) is 11.5 Å². The maximum absolute atomic E-state index is 11.9. The molecule has 0 aromatic heterocycles. The summed E-state index contributed by atoms with van der Waals surface area (Å²) in [5.74, 6) is 0.891. The summed E-state index contributed by atoms with van der Waals surface area (Å²) in [6.45, 7) is 0. The van der Waals surface area contributed by atoms with Gasteiger partial charge in [-0.05, 0) is 50.1 Å². The average Bonchev–Trinajstić information content (AvgIpc) is 2.56. The molecular formula is C16H14Br2N2O3. The topological polar surface area (TPSA) is 59.9 Å². The van der Waals surface area contributed by atoms with Gasteiger partial charge in [-0.25, -0.2) is 5.43 Å². The summed E-state index contributed by atoms with van der Waals surface area (Å²) in [7, 11) is 3.12. The molecule has 0 aliphatic heterocycles. The lowest BCUT2D eigenvalue weighted by atomic mass is 10.2.